The molecule has 2 heterocycles. The molecule has 0 bridgehead atoms. The van der Waals surface area contributed by atoms with Crippen LogP contribution in [-0.2, 0) is 12.6 Å². The van der Waals surface area contributed by atoms with Crippen LogP contribution in [0.1, 0.15) is 18.1 Å². The highest BCUT2D eigenvalue weighted by atomic mass is 19.4. The van der Waals surface area contributed by atoms with Crippen molar-refractivity contribution in [1.82, 2.24) is 9.97 Å². The van der Waals surface area contributed by atoms with E-state index in [4.69, 9.17) is 0 Å². The van der Waals surface area contributed by atoms with E-state index < -0.39 is 11.7 Å². The van der Waals surface area contributed by atoms with Gasteiger partial charge in [-0.15, -0.1) is 0 Å². The third-order valence-corrected chi connectivity index (χ3v) is 5.96. The molecule has 0 spiro atoms. The number of rotatable bonds is 4. The Morgan fingerprint density at radius 1 is 0.676 bits per heavy atom. The number of benzene rings is 3. The molecule has 0 radical (unpaired) electrons. The monoisotopic (exact) mass is 454 g/mol. The molecule has 0 N–H and O–H groups in total. The molecule has 0 saturated heterocycles. The van der Waals surface area contributed by atoms with Gasteiger partial charge in [-0.2, -0.15) is 13.2 Å². The largest absolute Gasteiger partial charge is 0.416 e. The fourth-order valence-electron chi connectivity index (χ4n) is 4.08. The molecule has 0 aliphatic rings. The molecule has 0 fully saturated rings. The van der Waals surface area contributed by atoms with E-state index in [0.29, 0.717) is 17.5 Å². The minimum absolute atomic E-state index is 0.538. The maximum Gasteiger partial charge on any atom is 0.416 e. The Kier molecular flexibility index (Phi) is 5.62. The molecule has 168 valence electrons. The normalized spacial score (nSPS) is 11.6. The first kappa shape index (κ1) is 21.8. The lowest BCUT2D eigenvalue weighted by atomic mass is 9.95. The zero-order valence-electron chi connectivity index (χ0n) is 18.5. The molecule has 0 unspecified atom stereocenters. The second-order valence-corrected chi connectivity index (χ2v) is 8.22. The van der Waals surface area contributed by atoms with Crippen molar-refractivity contribution in [2.45, 2.75) is 19.5 Å². The first-order valence-corrected chi connectivity index (χ1v) is 11.0. The second-order valence-electron chi connectivity index (χ2n) is 8.22. The van der Waals surface area contributed by atoms with Gasteiger partial charge >= 0.3 is 6.18 Å². The molecule has 5 rings (SSSR count). The number of alkyl halides is 3. The summed E-state index contributed by atoms with van der Waals surface area (Å²) >= 11 is 0. The standard InChI is InChI=1S/C29H21F3N2/c1-2-19-12-25(16-27(13-19)29(30,31)32)22-8-6-20-5-7-21(14-26(20)15-22)23-9-10-28(34-18-23)24-4-3-11-33-17-24/h3-18H,2H2,1H3. The van der Waals surface area contributed by atoms with E-state index in [1.807, 2.05) is 79.9 Å². The van der Waals surface area contributed by atoms with Gasteiger partial charge in [-0.3, -0.25) is 9.97 Å². The van der Waals surface area contributed by atoms with Crippen molar-refractivity contribution in [3.63, 3.8) is 0 Å². The van der Waals surface area contributed by atoms with E-state index in [2.05, 4.69) is 9.97 Å². The summed E-state index contributed by atoms with van der Waals surface area (Å²) in [4.78, 5) is 8.71. The van der Waals surface area contributed by atoms with Crippen LogP contribution in [0, 0.1) is 0 Å². The minimum Gasteiger partial charge on any atom is -0.264 e. The highest BCUT2D eigenvalue weighted by molar-refractivity contribution is 5.91. The van der Waals surface area contributed by atoms with E-state index in [9.17, 15) is 13.2 Å². The van der Waals surface area contributed by atoms with Gasteiger partial charge in [0.15, 0.2) is 0 Å². The van der Waals surface area contributed by atoms with Crippen molar-refractivity contribution in [3.8, 4) is 33.5 Å². The maximum atomic E-state index is 13.4. The summed E-state index contributed by atoms with van der Waals surface area (Å²) in [5.74, 6) is 0. The molecular formula is C29H21F3N2. The van der Waals surface area contributed by atoms with Crippen molar-refractivity contribution >= 4 is 10.8 Å². The Labute approximate surface area is 195 Å². The highest BCUT2D eigenvalue weighted by Gasteiger charge is 2.31. The van der Waals surface area contributed by atoms with Crippen molar-refractivity contribution in [3.05, 3.63) is 109 Å². The lowest BCUT2D eigenvalue weighted by Gasteiger charge is -2.13. The maximum absolute atomic E-state index is 13.4. The van der Waals surface area contributed by atoms with Crippen LogP contribution in [0.25, 0.3) is 44.3 Å². The molecule has 5 heteroatoms. The number of hydrogen-bond acceptors (Lipinski definition) is 2. The second kappa shape index (κ2) is 8.75. The van der Waals surface area contributed by atoms with Gasteiger partial charge in [-0.05, 0) is 81.9 Å². The minimum atomic E-state index is -4.38. The molecular weight excluding hydrogens is 433 g/mol. The van der Waals surface area contributed by atoms with E-state index in [0.717, 1.165) is 38.7 Å². The molecule has 34 heavy (non-hydrogen) atoms. The highest BCUT2D eigenvalue weighted by Crippen LogP contribution is 2.35. The zero-order chi connectivity index (χ0) is 23.7. The summed E-state index contributed by atoms with van der Waals surface area (Å²) in [6, 6.07) is 24.0. The van der Waals surface area contributed by atoms with Crippen molar-refractivity contribution in [2.75, 3.05) is 0 Å². The van der Waals surface area contributed by atoms with Crippen LogP contribution in [0.4, 0.5) is 13.2 Å². The fraction of sp³-hybridized carbons (Fsp3) is 0.103. The van der Waals surface area contributed by atoms with Crippen LogP contribution in [-0.4, -0.2) is 9.97 Å². The summed E-state index contributed by atoms with van der Waals surface area (Å²) in [7, 11) is 0. The first-order chi connectivity index (χ1) is 16.4. The molecule has 0 aliphatic heterocycles. The van der Waals surface area contributed by atoms with E-state index in [1.54, 1.807) is 12.4 Å². The van der Waals surface area contributed by atoms with Crippen molar-refractivity contribution < 1.29 is 13.2 Å². The number of aromatic nitrogens is 2. The number of aryl methyl sites for hydroxylation is 1. The summed E-state index contributed by atoms with van der Waals surface area (Å²) in [5.41, 5.74) is 5.13. The van der Waals surface area contributed by atoms with E-state index in [-0.39, 0.29) is 0 Å². The van der Waals surface area contributed by atoms with Gasteiger partial charge in [0.05, 0.1) is 11.3 Å². The van der Waals surface area contributed by atoms with Gasteiger partial charge in [0.25, 0.3) is 0 Å². The Balaban J connectivity index is 1.53. The molecule has 5 aromatic rings. The number of hydrogen-bond donors (Lipinski definition) is 0. The van der Waals surface area contributed by atoms with Gasteiger partial charge in [-0.25, -0.2) is 0 Å². The van der Waals surface area contributed by atoms with Gasteiger partial charge in [-0.1, -0.05) is 43.3 Å². The quantitative estimate of drug-likeness (QED) is 0.273. The molecule has 0 aliphatic carbocycles. The van der Waals surface area contributed by atoms with E-state index in [1.165, 1.54) is 12.1 Å². The number of pyridine rings is 2. The Hall–Kier alpha value is -3.99. The third-order valence-electron chi connectivity index (χ3n) is 5.96. The average Bonchev–Trinajstić information content (AvgIpc) is 2.88. The van der Waals surface area contributed by atoms with Crippen LogP contribution in [0.3, 0.4) is 0 Å². The van der Waals surface area contributed by atoms with Crippen LogP contribution in [0.2, 0.25) is 0 Å². The van der Waals surface area contributed by atoms with Crippen molar-refractivity contribution in [1.29, 1.82) is 0 Å². The van der Waals surface area contributed by atoms with Gasteiger partial charge in [0.1, 0.15) is 0 Å². The van der Waals surface area contributed by atoms with Crippen molar-refractivity contribution in [2.24, 2.45) is 0 Å². The summed E-state index contributed by atoms with van der Waals surface area (Å²) in [6.45, 7) is 1.86. The molecule has 2 nitrogen and oxygen atoms in total. The summed E-state index contributed by atoms with van der Waals surface area (Å²) in [6.07, 6.45) is 1.49. The van der Waals surface area contributed by atoms with Gasteiger partial charge in [0.2, 0.25) is 0 Å². The van der Waals surface area contributed by atoms with Crippen LogP contribution < -0.4 is 0 Å². The Bertz CT molecular complexity index is 1460. The SMILES string of the molecule is CCc1cc(-c2ccc3ccc(-c4ccc(-c5cccnc5)nc4)cc3c2)cc(C(F)(F)F)c1. The molecule has 2 aromatic heterocycles. The third kappa shape index (κ3) is 4.42. The van der Waals surface area contributed by atoms with Gasteiger partial charge < -0.3 is 0 Å². The number of nitrogens with zero attached hydrogens (tertiary/aromatic N) is 2. The first-order valence-electron chi connectivity index (χ1n) is 11.0. The number of fused-ring (bicyclic) bond motifs is 1. The molecule has 0 saturated carbocycles. The van der Waals surface area contributed by atoms with Gasteiger partial charge in [0, 0.05) is 29.7 Å². The van der Waals surface area contributed by atoms with Crippen LogP contribution in [0.15, 0.2) is 97.5 Å². The number of halogens is 3. The predicted molar refractivity (Wildman–Crippen MR) is 130 cm³/mol. The molecule has 0 amide bonds. The molecule has 0 atom stereocenters. The smallest absolute Gasteiger partial charge is 0.264 e. The lowest BCUT2D eigenvalue weighted by Crippen LogP contribution is -2.06. The molecule has 3 aromatic carbocycles. The van der Waals surface area contributed by atoms with E-state index >= 15 is 0 Å². The zero-order valence-corrected chi connectivity index (χ0v) is 18.5. The summed E-state index contributed by atoms with van der Waals surface area (Å²) < 4.78 is 40.3. The predicted octanol–water partition coefficient (Wildman–Crippen LogP) is 8.21. The Morgan fingerprint density at radius 2 is 1.41 bits per heavy atom. The van der Waals surface area contributed by atoms with Crippen LogP contribution in [0.5, 0.6) is 0 Å². The van der Waals surface area contributed by atoms with Crippen LogP contribution >= 0.6 is 0 Å². The Morgan fingerprint density at radius 3 is 2.03 bits per heavy atom. The summed E-state index contributed by atoms with van der Waals surface area (Å²) in [5, 5.41) is 1.98. The fourth-order valence-corrected chi connectivity index (χ4v) is 4.08. The average molecular weight is 454 g/mol. The topological polar surface area (TPSA) is 25.8 Å². The lowest BCUT2D eigenvalue weighted by molar-refractivity contribution is -0.137.